The van der Waals surface area contributed by atoms with E-state index in [2.05, 4.69) is 10.6 Å². The second-order valence-electron chi connectivity index (χ2n) is 4.44. The van der Waals surface area contributed by atoms with Crippen LogP contribution < -0.4 is 10.6 Å². The zero-order chi connectivity index (χ0) is 14.4. The highest BCUT2D eigenvalue weighted by Crippen LogP contribution is 2.17. The molecule has 1 amide bonds. The van der Waals surface area contributed by atoms with E-state index in [0.29, 0.717) is 6.54 Å². The number of ether oxygens (including phenoxy) is 1. The molecule has 0 saturated heterocycles. The van der Waals surface area contributed by atoms with Crippen molar-refractivity contribution in [1.29, 1.82) is 0 Å². The maximum absolute atomic E-state index is 11.4. The topological polar surface area (TPSA) is 63.5 Å². The first-order valence-electron chi connectivity index (χ1n) is 6.34. The summed E-state index contributed by atoms with van der Waals surface area (Å²) < 4.78 is 10.1. The highest BCUT2D eigenvalue weighted by Gasteiger charge is 2.04. The number of nitrogens with one attached hydrogen (secondary N) is 2. The highest BCUT2D eigenvalue weighted by atomic mass is 16.5. The van der Waals surface area contributed by atoms with Crippen molar-refractivity contribution >= 4 is 17.3 Å². The Labute approximate surface area is 117 Å². The van der Waals surface area contributed by atoms with Crippen LogP contribution in [0.5, 0.6) is 0 Å². The van der Waals surface area contributed by atoms with Crippen molar-refractivity contribution < 1.29 is 13.9 Å². The fourth-order valence-electron chi connectivity index (χ4n) is 1.80. The third kappa shape index (κ3) is 3.86. The lowest BCUT2D eigenvalue weighted by molar-refractivity contribution is -0.119. The molecule has 5 nitrogen and oxygen atoms in total. The van der Waals surface area contributed by atoms with Crippen LogP contribution in [0.3, 0.4) is 0 Å². The van der Waals surface area contributed by atoms with Gasteiger partial charge in [-0.15, -0.1) is 0 Å². The molecule has 0 atom stereocenters. The molecule has 0 unspecified atom stereocenters. The molecule has 0 saturated carbocycles. The number of furan rings is 1. The SMILES string of the molecule is COCC(=O)Nc1cccc(NCc2occc2C)c1. The van der Waals surface area contributed by atoms with Gasteiger partial charge < -0.3 is 19.8 Å². The van der Waals surface area contributed by atoms with Gasteiger partial charge in [0.25, 0.3) is 0 Å². The van der Waals surface area contributed by atoms with Gasteiger partial charge in [0, 0.05) is 18.5 Å². The molecule has 2 rings (SSSR count). The first-order valence-corrected chi connectivity index (χ1v) is 6.34. The summed E-state index contributed by atoms with van der Waals surface area (Å²) in [6.45, 7) is 2.65. The van der Waals surface area contributed by atoms with Gasteiger partial charge in [-0.05, 0) is 36.8 Å². The Morgan fingerprint density at radius 3 is 2.80 bits per heavy atom. The minimum absolute atomic E-state index is 0.0449. The van der Waals surface area contributed by atoms with Crippen LogP contribution in [-0.2, 0) is 16.1 Å². The molecule has 2 N–H and O–H groups in total. The number of amides is 1. The number of carbonyl (C=O) groups excluding carboxylic acids is 1. The second-order valence-corrected chi connectivity index (χ2v) is 4.44. The maximum atomic E-state index is 11.4. The van der Waals surface area contributed by atoms with Crippen molar-refractivity contribution in [3.63, 3.8) is 0 Å². The lowest BCUT2D eigenvalue weighted by atomic mass is 10.2. The molecule has 0 fully saturated rings. The number of hydrogen-bond donors (Lipinski definition) is 2. The number of benzene rings is 1. The summed E-state index contributed by atoms with van der Waals surface area (Å²) in [5, 5.41) is 6.02. The standard InChI is InChI=1S/C15H18N2O3/c1-11-6-7-20-14(11)9-16-12-4-3-5-13(8-12)17-15(18)10-19-2/h3-8,16H,9-10H2,1-2H3,(H,17,18). The van der Waals surface area contributed by atoms with Crippen molar-refractivity contribution in [3.8, 4) is 0 Å². The number of carbonyl (C=O) groups is 1. The van der Waals surface area contributed by atoms with Crippen molar-refractivity contribution in [2.24, 2.45) is 0 Å². The summed E-state index contributed by atoms with van der Waals surface area (Å²) in [5.41, 5.74) is 2.76. The Hall–Kier alpha value is -2.27. The van der Waals surface area contributed by atoms with Crippen LogP contribution in [0.1, 0.15) is 11.3 Å². The molecular formula is C15H18N2O3. The second kappa shape index (κ2) is 6.77. The summed E-state index contributed by atoms with van der Waals surface area (Å²) in [4.78, 5) is 11.4. The van der Waals surface area contributed by atoms with E-state index in [1.165, 1.54) is 7.11 Å². The zero-order valence-electron chi connectivity index (χ0n) is 11.6. The average molecular weight is 274 g/mol. The number of methoxy groups -OCH3 is 1. The molecule has 0 aliphatic heterocycles. The summed E-state index contributed by atoms with van der Waals surface area (Å²) >= 11 is 0. The Kier molecular flexibility index (Phi) is 4.79. The summed E-state index contributed by atoms with van der Waals surface area (Å²) in [6.07, 6.45) is 1.67. The number of aryl methyl sites for hydroxylation is 1. The predicted octanol–water partition coefficient (Wildman–Crippen LogP) is 2.79. The van der Waals surface area contributed by atoms with Crippen LogP contribution in [0, 0.1) is 6.92 Å². The van der Waals surface area contributed by atoms with E-state index < -0.39 is 0 Å². The van der Waals surface area contributed by atoms with E-state index in [-0.39, 0.29) is 12.5 Å². The normalized spacial score (nSPS) is 10.3. The Morgan fingerprint density at radius 1 is 1.30 bits per heavy atom. The third-order valence-corrected chi connectivity index (χ3v) is 2.84. The van der Waals surface area contributed by atoms with Crippen molar-refractivity contribution in [3.05, 3.63) is 47.9 Å². The van der Waals surface area contributed by atoms with Gasteiger partial charge >= 0.3 is 0 Å². The number of anilines is 2. The van der Waals surface area contributed by atoms with E-state index in [4.69, 9.17) is 9.15 Å². The first kappa shape index (κ1) is 14.1. The monoisotopic (exact) mass is 274 g/mol. The largest absolute Gasteiger partial charge is 0.467 e. The number of rotatable bonds is 6. The summed E-state index contributed by atoms with van der Waals surface area (Å²) in [6, 6.07) is 9.44. The molecular weight excluding hydrogens is 256 g/mol. The van der Waals surface area contributed by atoms with E-state index >= 15 is 0 Å². The van der Waals surface area contributed by atoms with Crippen LogP contribution in [0.4, 0.5) is 11.4 Å². The molecule has 1 heterocycles. The van der Waals surface area contributed by atoms with Gasteiger partial charge in [-0.3, -0.25) is 4.79 Å². The Balaban J connectivity index is 1.95. The smallest absolute Gasteiger partial charge is 0.250 e. The molecule has 20 heavy (non-hydrogen) atoms. The molecule has 1 aromatic carbocycles. The molecule has 106 valence electrons. The Bertz CT molecular complexity index is 578. The molecule has 0 aliphatic carbocycles. The van der Waals surface area contributed by atoms with E-state index in [0.717, 1.165) is 22.7 Å². The summed E-state index contributed by atoms with van der Waals surface area (Å²) in [7, 11) is 1.49. The van der Waals surface area contributed by atoms with Crippen LogP contribution in [0.25, 0.3) is 0 Å². The van der Waals surface area contributed by atoms with Gasteiger partial charge in [-0.2, -0.15) is 0 Å². The molecule has 0 radical (unpaired) electrons. The quantitative estimate of drug-likeness (QED) is 0.850. The van der Waals surface area contributed by atoms with Gasteiger partial charge in [0.1, 0.15) is 12.4 Å². The van der Waals surface area contributed by atoms with Crippen molar-refractivity contribution in [2.75, 3.05) is 24.4 Å². The average Bonchev–Trinajstić information content (AvgIpc) is 2.82. The fourth-order valence-corrected chi connectivity index (χ4v) is 1.80. The molecule has 1 aromatic heterocycles. The van der Waals surface area contributed by atoms with E-state index in [1.807, 2.05) is 37.3 Å². The Morgan fingerprint density at radius 2 is 2.10 bits per heavy atom. The molecule has 5 heteroatoms. The van der Waals surface area contributed by atoms with E-state index in [1.54, 1.807) is 6.26 Å². The predicted molar refractivity (Wildman–Crippen MR) is 77.7 cm³/mol. The van der Waals surface area contributed by atoms with Crippen LogP contribution >= 0.6 is 0 Å². The molecule has 0 aliphatic rings. The lowest BCUT2D eigenvalue weighted by Gasteiger charge is -2.09. The van der Waals surface area contributed by atoms with Crippen molar-refractivity contribution in [1.82, 2.24) is 0 Å². The fraction of sp³-hybridized carbons (Fsp3) is 0.267. The minimum atomic E-state index is -0.175. The minimum Gasteiger partial charge on any atom is -0.467 e. The van der Waals surface area contributed by atoms with Gasteiger partial charge in [0.2, 0.25) is 5.91 Å². The van der Waals surface area contributed by atoms with Gasteiger partial charge in [-0.1, -0.05) is 6.07 Å². The zero-order valence-corrected chi connectivity index (χ0v) is 11.6. The highest BCUT2D eigenvalue weighted by molar-refractivity contribution is 5.92. The first-order chi connectivity index (χ1) is 9.69. The van der Waals surface area contributed by atoms with E-state index in [9.17, 15) is 4.79 Å². The van der Waals surface area contributed by atoms with Crippen LogP contribution in [0.2, 0.25) is 0 Å². The molecule has 0 spiro atoms. The maximum Gasteiger partial charge on any atom is 0.250 e. The molecule has 2 aromatic rings. The van der Waals surface area contributed by atoms with Crippen molar-refractivity contribution in [2.45, 2.75) is 13.5 Å². The van der Waals surface area contributed by atoms with Gasteiger partial charge in [0.15, 0.2) is 0 Å². The van der Waals surface area contributed by atoms with Crippen LogP contribution in [0.15, 0.2) is 41.0 Å². The van der Waals surface area contributed by atoms with Gasteiger partial charge in [-0.25, -0.2) is 0 Å². The lowest BCUT2D eigenvalue weighted by Crippen LogP contribution is -2.17. The molecule has 0 bridgehead atoms. The van der Waals surface area contributed by atoms with Gasteiger partial charge in [0.05, 0.1) is 12.8 Å². The summed E-state index contributed by atoms with van der Waals surface area (Å²) in [5.74, 6) is 0.727. The van der Waals surface area contributed by atoms with Crippen LogP contribution in [-0.4, -0.2) is 19.6 Å². The number of hydrogen-bond acceptors (Lipinski definition) is 4. The third-order valence-electron chi connectivity index (χ3n) is 2.84.